The molecule has 10 heteroatoms. The van der Waals surface area contributed by atoms with E-state index in [2.05, 4.69) is 0 Å². The quantitative estimate of drug-likeness (QED) is 0.654. The van der Waals surface area contributed by atoms with E-state index in [9.17, 15) is 29.0 Å². The van der Waals surface area contributed by atoms with Crippen LogP contribution in [0.5, 0.6) is 5.75 Å². The van der Waals surface area contributed by atoms with Gasteiger partial charge in [0.25, 0.3) is 5.56 Å². The highest BCUT2D eigenvalue weighted by atomic mass is 35.5. The fraction of sp³-hybridized carbons (Fsp3) is 0.0714. The van der Waals surface area contributed by atoms with Crippen LogP contribution in [-0.2, 0) is 0 Å². The Labute approximate surface area is 138 Å². The van der Waals surface area contributed by atoms with Crippen molar-refractivity contribution in [2.45, 2.75) is 0 Å². The molecule has 2 rings (SSSR count). The Balaban J connectivity index is 3.06. The van der Waals surface area contributed by atoms with Gasteiger partial charge in [-0.05, 0) is 12.1 Å². The summed E-state index contributed by atoms with van der Waals surface area (Å²) in [6.45, 7) is 0. The first-order valence-electron chi connectivity index (χ1n) is 6.25. The van der Waals surface area contributed by atoms with Gasteiger partial charge < -0.3 is 25.7 Å². The lowest BCUT2D eigenvalue weighted by Crippen LogP contribution is -2.24. The Bertz CT molecular complexity index is 924. The molecule has 126 valence electrons. The third-order valence-electron chi connectivity index (χ3n) is 3.19. The fourth-order valence-electron chi connectivity index (χ4n) is 2.23. The van der Waals surface area contributed by atoms with Crippen LogP contribution >= 0.6 is 11.6 Å². The zero-order valence-corrected chi connectivity index (χ0v) is 12.8. The molecule has 0 radical (unpaired) electrons. The van der Waals surface area contributed by atoms with Crippen molar-refractivity contribution in [3.63, 3.8) is 0 Å². The molecule has 0 spiro atoms. The molecule has 0 bridgehead atoms. The highest BCUT2D eigenvalue weighted by molar-refractivity contribution is 6.32. The average molecular weight is 357 g/mol. The number of halogens is 2. The van der Waals surface area contributed by atoms with Gasteiger partial charge in [-0.25, -0.2) is 14.0 Å². The van der Waals surface area contributed by atoms with Gasteiger partial charge in [0.15, 0.2) is 11.6 Å². The smallest absolute Gasteiger partial charge is 0.342 e. The number of pyridine rings is 1. The lowest BCUT2D eigenvalue weighted by atomic mass is 9.95. The number of carboxylic acid groups (broad SMARTS) is 2. The van der Waals surface area contributed by atoms with Gasteiger partial charge in [0.2, 0.25) is 0 Å². The SMILES string of the molecule is COc1c(Cl)ccc(-c2c(C(=O)O)c(N)[nH]c(=O)c2C(=O)O)c1F. The molecule has 0 amide bonds. The minimum absolute atomic E-state index is 0.120. The first kappa shape index (κ1) is 17.3. The lowest BCUT2D eigenvalue weighted by molar-refractivity contribution is 0.0695. The molecule has 0 saturated carbocycles. The zero-order chi connectivity index (χ0) is 18.2. The van der Waals surface area contributed by atoms with Crippen LogP contribution in [0.2, 0.25) is 5.02 Å². The van der Waals surface area contributed by atoms with Crippen LogP contribution in [0.4, 0.5) is 10.2 Å². The van der Waals surface area contributed by atoms with Crippen LogP contribution < -0.4 is 16.0 Å². The maximum Gasteiger partial charge on any atom is 0.342 e. The second-order valence-corrected chi connectivity index (χ2v) is 4.95. The van der Waals surface area contributed by atoms with E-state index in [1.54, 1.807) is 0 Å². The van der Waals surface area contributed by atoms with Gasteiger partial charge in [-0.15, -0.1) is 0 Å². The Morgan fingerprint density at radius 2 is 1.83 bits per heavy atom. The number of nitrogens with one attached hydrogen (secondary N) is 1. The first-order valence-corrected chi connectivity index (χ1v) is 6.63. The summed E-state index contributed by atoms with van der Waals surface area (Å²) in [4.78, 5) is 36.7. The van der Waals surface area contributed by atoms with Crippen molar-refractivity contribution in [1.82, 2.24) is 4.98 Å². The Kier molecular flexibility index (Phi) is 4.47. The number of hydrogen-bond donors (Lipinski definition) is 4. The van der Waals surface area contributed by atoms with Crippen LogP contribution in [0.15, 0.2) is 16.9 Å². The number of nitrogen functional groups attached to an aromatic ring is 1. The molecule has 0 atom stereocenters. The number of aromatic nitrogens is 1. The Morgan fingerprint density at radius 3 is 2.33 bits per heavy atom. The highest BCUT2D eigenvalue weighted by Crippen LogP contribution is 2.38. The van der Waals surface area contributed by atoms with Crippen molar-refractivity contribution in [3.8, 4) is 16.9 Å². The molecule has 0 aliphatic heterocycles. The number of rotatable bonds is 4. The lowest BCUT2D eigenvalue weighted by Gasteiger charge is -2.14. The van der Waals surface area contributed by atoms with Crippen molar-refractivity contribution in [2.24, 2.45) is 0 Å². The molecule has 8 nitrogen and oxygen atoms in total. The summed E-state index contributed by atoms with van der Waals surface area (Å²) in [6.07, 6.45) is 0. The third-order valence-corrected chi connectivity index (χ3v) is 3.49. The Morgan fingerprint density at radius 1 is 1.25 bits per heavy atom. The number of nitrogens with two attached hydrogens (primary N) is 1. The maximum atomic E-state index is 14.6. The van der Waals surface area contributed by atoms with E-state index in [1.807, 2.05) is 4.98 Å². The van der Waals surface area contributed by atoms with E-state index in [4.69, 9.17) is 22.1 Å². The van der Waals surface area contributed by atoms with Crippen molar-refractivity contribution in [2.75, 3.05) is 12.8 Å². The molecule has 2 aromatic rings. The second-order valence-electron chi connectivity index (χ2n) is 4.55. The summed E-state index contributed by atoms with van der Waals surface area (Å²) >= 11 is 5.77. The maximum absolute atomic E-state index is 14.6. The average Bonchev–Trinajstić information content (AvgIpc) is 2.46. The van der Waals surface area contributed by atoms with Gasteiger partial charge in [-0.1, -0.05) is 11.6 Å². The molecule has 5 N–H and O–H groups in total. The summed E-state index contributed by atoms with van der Waals surface area (Å²) < 4.78 is 19.4. The molecular weight excluding hydrogens is 347 g/mol. The first-order chi connectivity index (χ1) is 11.2. The Hall–Kier alpha value is -3.07. The number of methoxy groups -OCH3 is 1. The van der Waals surface area contributed by atoms with Crippen LogP contribution in [0.25, 0.3) is 11.1 Å². The van der Waals surface area contributed by atoms with E-state index >= 15 is 0 Å². The molecule has 0 fully saturated rings. The predicted octanol–water partition coefficient (Wildman–Crippen LogP) is 1.82. The van der Waals surface area contributed by atoms with E-state index in [-0.39, 0.29) is 5.02 Å². The number of aromatic carboxylic acids is 2. The summed E-state index contributed by atoms with van der Waals surface area (Å²) in [5, 5.41) is 18.4. The van der Waals surface area contributed by atoms with Crippen molar-refractivity contribution < 1.29 is 28.9 Å². The number of carboxylic acids is 2. The van der Waals surface area contributed by atoms with Gasteiger partial charge in [0, 0.05) is 11.1 Å². The molecule has 1 aromatic heterocycles. The topological polar surface area (TPSA) is 143 Å². The van der Waals surface area contributed by atoms with Gasteiger partial charge >= 0.3 is 11.9 Å². The number of aromatic amines is 1. The van der Waals surface area contributed by atoms with Gasteiger partial charge in [0.05, 0.1) is 12.1 Å². The highest BCUT2D eigenvalue weighted by Gasteiger charge is 2.29. The minimum atomic E-state index is -1.75. The van der Waals surface area contributed by atoms with Crippen LogP contribution in [-0.4, -0.2) is 34.2 Å². The van der Waals surface area contributed by atoms with Gasteiger partial charge in [0.1, 0.15) is 16.9 Å². The molecule has 1 heterocycles. The molecule has 0 unspecified atom stereocenters. The summed E-state index contributed by atoms with van der Waals surface area (Å²) in [5.74, 6) is -5.56. The number of anilines is 1. The van der Waals surface area contributed by atoms with E-state index in [1.165, 1.54) is 6.07 Å². The molecular formula is C14H10ClFN2O6. The van der Waals surface area contributed by atoms with Gasteiger partial charge in [-0.3, -0.25) is 4.79 Å². The molecule has 24 heavy (non-hydrogen) atoms. The number of H-pyrrole nitrogens is 1. The molecule has 0 aliphatic rings. The minimum Gasteiger partial charge on any atom is -0.492 e. The number of ether oxygens (including phenoxy) is 1. The van der Waals surface area contributed by atoms with E-state index < -0.39 is 57.1 Å². The van der Waals surface area contributed by atoms with E-state index in [0.717, 1.165) is 13.2 Å². The second kappa shape index (κ2) is 6.20. The third kappa shape index (κ3) is 2.65. The molecule has 0 saturated heterocycles. The van der Waals surface area contributed by atoms with Crippen molar-refractivity contribution in [1.29, 1.82) is 0 Å². The van der Waals surface area contributed by atoms with Crippen LogP contribution in [0.1, 0.15) is 20.7 Å². The number of hydrogen-bond acceptors (Lipinski definition) is 5. The monoisotopic (exact) mass is 356 g/mol. The predicted molar refractivity (Wildman–Crippen MR) is 82.3 cm³/mol. The molecule has 0 aliphatic carbocycles. The summed E-state index contributed by atoms with van der Waals surface area (Å²) in [6, 6.07) is 2.21. The van der Waals surface area contributed by atoms with Crippen LogP contribution in [0, 0.1) is 5.82 Å². The van der Waals surface area contributed by atoms with E-state index in [0.29, 0.717) is 0 Å². The van der Waals surface area contributed by atoms with Crippen molar-refractivity contribution >= 4 is 29.4 Å². The standard InChI is InChI=1S/C14H10ClFN2O6/c1-24-10-5(15)3-2-4(9(10)16)6-7(13(20)21)11(17)18-12(19)8(6)14(22)23/h2-3H,1H3,(H,20,21)(H,22,23)(H3,17,18,19). The van der Waals surface area contributed by atoms with Crippen LogP contribution in [0.3, 0.4) is 0 Å². The zero-order valence-electron chi connectivity index (χ0n) is 12.0. The molecule has 1 aromatic carbocycles. The van der Waals surface area contributed by atoms with Gasteiger partial charge in [-0.2, -0.15) is 0 Å². The number of benzene rings is 1. The normalized spacial score (nSPS) is 10.5. The summed E-state index contributed by atoms with van der Waals surface area (Å²) in [7, 11) is 1.12. The fourth-order valence-corrected chi connectivity index (χ4v) is 2.45. The number of carbonyl (C=O) groups is 2. The largest absolute Gasteiger partial charge is 0.492 e. The summed E-state index contributed by atoms with van der Waals surface area (Å²) in [5.41, 5.74) is 1.40. The van der Waals surface area contributed by atoms with Crippen molar-refractivity contribution in [3.05, 3.63) is 44.5 Å².